The van der Waals surface area contributed by atoms with Crippen molar-refractivity contribution in [1.82, 2.24) is 25.5 Å². The first kappa shape index (κ1) is 16.4. The van der Waals surface area contributed by atoms with E-state index in [2.05, 4.69) is 30.4 Å². The summed E-state index contributed by atoms with van der Waals surface area (Å²) in [5.74, 6) is 0.815. The minimum Gasteiger partial charge on any atom is -0.352 e. The second-order valence-corrected chi connectivity index (χ2v) is 6.32. The summed E-state index contributed by atoms with van der Waals surface area (Å²) in [6.07, 6.45) is 6.65. The van der Waals surface area contributed by atoms with Crippen LogP contribution >= 0.6 is 0 Å². The molecule has 1 atom stereocenters. The van der Waals surface area contributed by atoms with Crippen LogP contribution in [0, 0.1) is 13.8 Å². The number of hydrogen-bond donors (Lipinski definition) is 2. The van der Waals surface area contributed by atoms with Crippen LogP contribution in [-0.2, 0) is 11.2 Å². The van der Waals surface area contributed by atoms with Gasteiger partial charge in [0.15, 0.2) is 0 Å². The maximum absolute atomic E-state index is 12.2. The summed E-state index contributed by atoms with van der Waals surface area (Å²) in [5.41, 5.74) is 3.19. The predicted octanol–water partition coefficient (Wildman–Crippen LogP) is 1.53. The summed E-state index contributed by atoms with van der Waals surface area (Å²) in [4.78, 5) is 23.0. The Hall–Kier alpha value is -2.44. The zero-order chi connectivity index (χ0) is 16.9. The Kier molecular flexibility index (Phi) is 5.08. The van der Waals surface area contributed by atoms with Gasteiger partial charge in [0.2, 0.25) is 11.9 Å². The molecule has 0 radical (unpaired) electrons. The Balaban J connectivity index is 1.50. The standard InChI is InChI=1S/C17H24N6O/c1-12-13(2)21-22-15(12)6-7-16(24)20-14-5-3-10-23(11-14)17-18-8-4-9-19-17/h4,8-9,14H,3,5-7,10-11H2,1-2H3,(H,20,24)(H,21,22)/t14-/m0/s1. The van der Waals surface area contributed by atoms with Gasteiger partial charge < -0.3 is 10.2 Å². The molecule has 1 amide bonds. The second kappa shape index (κ2) is 7.42. The molecule has 0 aromatic carbocycles. The summed E-state index contributed by atoms with van der Waals surface area (Å²) >= 11 is 0. The van der Waals surface area contributed by atoms with Gasteiger partial charge in [-0.05, 0) is 38.3 Å². The van der Waals surface area contributed by atoms with Crippen molar-refractivity contribution in [3.05, 3.63) is 35.4 Å². The molecule has 0 unspecified atom stereocenters. The first-order valence-corrected chi connectivity index (χ1v) is 8.45. The third kappa shape index (κ3) is 3.90. The van der Waals surface area contributed by atoms with E-state index >= 15 is 0 Å². The molecule has 0 bridgehead atoms. The van der Waals surface area contributed by atoms with Crippen LogP contribution in [0.3, 0.4) is 0 Å². The summed E-state index contributed by atoms with van der Waals surface area (Å²) in [5, 5.41) is 10.4. The maximum Gasteiger partial charge on any atom is 0.225 e. The number of anilines is 1. The van der Waals surface area contributed by atoms with E-state index < -0.39 is 0 Å². The summed E-state index contributed by atoms with van der Waals surface area (Å²) in [6, 6.07) is 1.96. The molecule has 3 heterocycles. The van der Waals surface area contributed by atoms with Crippen molar-refractivity contribution in [1.29, 1.82) is 0 Å². The molecule has 3 rings (SSSR count). The number of nitrogens with one attached hydrogen (secondary N) is 2. The highest BCUT2D eigenvalue weighted by molar-refractivity contribution is 5.76. The molecule has 1 fully saturated rings. The molecule has 2 aromatic heterocycles. The Morgan fingerprint density at radius 3 is 2.88 bits per heavy atom. The van der Waals surface area contributed by atoms with E-state index in [9.17, 15) is 4.79 Å². The number of H-pyrrole nitrogens is 1. The Labute approximate surface area is 141 Å². The molecule has 2 aromatic rings. The molecule has 7 heteroatoms. The topological polar surface area (TPSA) is 86.8 Å². The summed E-state index contributed by atoms with van der Waals surface area (Å²) in [7, 11) is 0. The van der Waals surface area contributed by atoms with E-state index in [1.165, 1.54) is 0 Å². The molecule has 24 heavy (non-hydrogen) atoms. The van der Waals surface area contributed by atoms with Crippen molar-refractivity contribution in [2.45, 2.75) is 45.6 Å². The highest BCUT2D eigenvalue weighted by Crippen LogP contribution is 2.16. The van der Waals surface area contributed by atoms with Crippen molar-refractivity contribution >= 4 is 11.9 Å². The number of amides is 1. The number of piperidine rings is 1. The molecule has 128 valence electrons. The van der Waals surface area contributed by atoms with Gasteiger partial charge in [-0.2, -0.15) is 5.10 Å². The van der Waals surface area contributed by atoms with Crippen molar-refractivity contribution in [2.75, 3.05) is 18.0 Å². The zero-order valence-corrected chi connectivity index (χ0v) is 14.2. The van der Waals surface area contributed by atoms with Gasteiger partial charge in [-0.1, -0.05) is 0 Å². The lowest BCUT2D eigenvalue weighted by Gasteiger charge is -2.33. The highest BCUT2D eigenvalue weighted by atomic mass is 16.1. The molecule has 0 spiro atoms. The number of carbonyl (C=O) groups excluding carboxylic acids is 1. The first-order chi connectivity index (χ1) is 11.6. The van der Waals surface area contributed by atoms with Crippen LogP contribution in [0.25, 0.3) is 0 Å². The van der Waals surface area contributed by atoms with Crippen LogP contribution in [0.15, 0.2) is 18.5 Å². The van der Waals surface area contributed by atoms with E-state index in [0.717, 1.165) is 48.8 Å². The maximum atomic E-state index is 12.2. The average molecular weight is 328 g/mol. The Bertz CT molecular complexity index is 684. The quantitative estimate of drug-likeness (QED) is 0.869. The molecule has 0 aliphatic carbocycles. The van der Waals surface area contributed by atoms with Gasteiger partial charge >= 0.3 is 0 Å². The minimum absolute atomic E-state index is 0.0795. The largest absolute Gasteiger partial charge is 0.352 e. The third-order valence-corrected chi connectivity index (χ3v) is 4.56. The molecule has 1 aliphatic heterocycles. The van der Waals surface area contributed by atoms with Gasteiger partial charge in [-0.15, -0.1) is 0 Å². The SMILES string of the molecule is Cc1[nH]nc(CCC(=O)N[C@H]2CCCN(c3ncccn3)C2)c1C. The van der Waals surface area contributed by atoms with Crippen LogP contribution < -0.4 is 10.2 Å². The van der Waals surface area contributed by atoms with Crippen molar-refractivity contribution in [3.8, 4) is 0 Å². The number of hydrogen-bond acceptors (Lipinski definition) is 5. The van der Waals surface area contributed by atoms with Gasteiger partial charge in [0.25, 0.3) is 0 Å². The fraction of sp³-hybridized carbons (Fsp3) is 0.529. The Morgan fingerprint density at radius 1 is 1.38 bits per heavy atom. The van der Waals surface area contributed by atoms with E-state index in [4.69, 9.17) is 0 Å². The Morgan fingerprint density at radius 2 is 2.17 bits per heavy atom. The van der Waals surface area contributed by atoms with Crippen molar-refractivity contribution in [2.24, 2.45) is 0 Å². The van der Waals surface area contributed by atoms with E-state index in [-0.39, 0.29) is 11.9 Å². The summed E-state index contributed by atoms with van der Waals surface area (Å²) < 4.78 is 0. The fourth-order valence-electron chi connectivity index (χ4n) is 3.04. The number of aromatic amines is 1. The van der Waals surface area contributed by atoms with Gasteiger partial charge in [-0.3, -0.25) is 9.89 Å². The van der Waals surface area contributed by atoms with Crippen molar-refractivity contribution in [3.63, 3.8) is 0 Å². The number of carbonyl (C=O) groups is 1. The lowest BCUT2D eigenvalue weighted by molar-refractivity contribution is -0.121. The molecule has 0 saturated carbocycles. The first-order valence-electron chi connectivity index (χ1n) is 8.45. The lowest BCUT2D eigenvalue weighted by atomic mass is 10.1. The average Bonchev–Trinajstić information content (AvgIpc) is 2.93. The molecular weight excluding hydrogens is 304 g/mol. The fourth-order valence-corrected chi connectivity index (χ4v) is 3.04. The number of aryl methyl sites for hydroxylation is 2. The number of aromatic nitrogens is 4. The molecule has 1 saturated heterocycles. The van der Waals surface area contributed by atoms with Crippen LogP contribution in [-0.4, -0.2) is 45.2 Å². The number of rotatable bonds is 5. The van der Waals surface area contributed by atoms with Crippen LogP contribution in [0.2, 0.25) is 0 Å². The molecule has 7 nitrogen and oxygen atoms in total. The highest BCUT2D eigenvalue weighted by Gasteiger charge is 2.23. The molecular formula is C17H24N6O. The normalized spacial score (nSPS) is 17.8. The zero-order valence-electron chi connectivity index (χ0n) is 14.2. The second-order valence-electron chi connectivity index (χ2n) is 6.32. The minimum atomic E-state index is 0.0795. The number of nitrogens with zero attached hydrogens (tertiary/aromatic N) is 4. The van der Waals surface area contributed by atoms with E-state index in [1.54, 1.807) is 12.4 Å². The lowest BCUT2D eigenvalue weighted by Crippen LogP contribution is -2.48. The smallest absolute Gasteiger partial charge is 0.225 e. The molecule has 2 N–H and O–H groups in total. The summed E-state index contributed by atoms with van der Waals surface area (Å²) in [6.45, 7) is 5.72. The van der Waals surface area contributed by atoms with Gasteiger partial charge in [0, 0.05) is 50.1 Å². The van der Waals surface area contributed by atoms with Crippen LogP contribution in [0.1, 0.15) is 36.2 Å². The van der Waals surface area contributed by atoms with Crippen LogP contribution in [0.4, 0.5) is 5.95 Å². The molecule has 1 aliphatic rings. The van der Waals surface area contributed by atoms with Crippen LogP contribution in [0.5, 0.6) is 0 Å². The van der Waals surface area contributed by atoms with E-state index in [1.807, 2.05) is 19.9 Å². The van der Waals surface area contributed by atoms with E-state index in [0.29, 0.717) is 12.8 Å². The third-order valence-electron chi connectivity index (χ3n) is 4.56. The monoisotopic (exact) mass is 328 g/mol. The van der Waals surface area contributed by atoms with Crippen molar-refractivity contribution < 1.29 is 4.79 Å². The van der Waals surface area contributed by atoms with Gasteiger partial charge in [-0.25, -0.2) is 9.97 Å². The predicted molar refractivity (Wildman–Crippen MR) is 91.8 cm³/mol. The van der Waals surface area contributed by atoms with Gasteiger partial charge in [0.05, 0.1) is 5.69 Å². The van der Waals surface area contributed by atoms with Gasteiger partial charge in [0.1, 0.15) is 0 Å².